The van der Waals surface area contributed by atoms with Gasteiger partial charge in [-0.25, -0.2) is 4.98 Å². The van der Waals surface area contributed by atoms with Crippen molar-refractivity contribution in [2.24, 2.45) is 0 Å². The predicted octanol–water partition coefficient (Wildman–Crippen LogP) is 3.11. The number of ether oxygens (including phenoxy) is 1. The predicted molar refractivity (Wildman–Crippen MR) is 73.8 cm³/mol. The summed E-state index contributed by atoms with van der Waals surface area (Å²) in [5.74, 6) is 0. The van der Waals surface area contributed by atoms with Crippen molar-refractivity contribution in [3.8, 4) is 0 Å². The highest BCUT2D eigenvalue weighted by molar-refractivity contribution is 14.1. The second kappa shape index (κ2) is 5.45. The zero-order valence-electron chi connectivity index (χ0n) is 9.88. The standard InChI is InChI=1S/C10H19IN2OSi/c1-9-10(11)12-7-13(9)8-14-5-6-15(2,3)4/h7H,5-6,8H2,1-4H3. The quantitative estimate of drug-likeness (QED) is 0.469. The van der Waals surface area contributed by atoms with Crippen LogP contribution in [0.15, 0.2) is 6.33 Å². The summed E-state index contributed by atoms with van der Waals surface area (Å²) in [6.07, 6.45) is 1.84. The molecule has 15 heavy (non-hydrogen) atoms. The van der Waals surface area contributed by atoms with Gasteiger partial charge in [0.2, 0.25) is 0 Å². The Hall–Kier alpha value is 0.117. The Balaban J connectivity index is 2.30. The third-order valence-corrected chi connectivity index (χ3v) is 5.03. The molecule has 0 saturated heterocycles. The molecule has 1 rings (SSSR count). The lowest BCUT2D eigenvalue weighted by atomic mass is 10.5. The van der Waals surface area contributed by atoms with Gasteiger partial charge in [0, 0.05) is 14.7 Å². The molecule has 1 heterocycles. The normalized spacial score (nSPS) is 12.1. The lowest BCUT2D eigenvalue weighted by Gasteiger charge is -2.15. The van der Waals surface area contributed by atoms with Gasteiger partial charge in [0.1, 0.15) is 10.4 Å². The van der Waals surface area contributed by atoms with Crippen molar-refractivity contribution in [1.82, 2.24) is 9.55 Å². The highest BCUT2D eigenvalue weighted by Gasteiger charge is 2.12. The van der Waals surface area contributed by atoms with Gasteiger partial charge in [0.05, 0.1) is 12.0 Å². The average molecular weight is 338 g/mol. The molecule has 0 radical (unpaired) electrons. The Morgan fingerprint density at radius 3 is 2.60 bits per heavy atom. The number of aromatic nitrogens is 2. The molecule has 0 N–H and O–H groups in total. The highest BCUT2D eigenvalue weighted by Crippen LogP contribution is 2.10. The van der Waals surface area contributed by atoms with E-state index in [2.05, 4.69) is 54.1 Å². The molecule has 0 aliphatic rings. The van der Waals surface area contributed by atoms with E-state index in [9.17, 15) is 0 Å². The van der Waals surface area contributed by atoms with Crippen LogP contribution in [0.5, 0.6) is 0 Å². The van der Waals surface area contributed by atoms with Crippen LogP contribution < -0.4 is 0 Å². The van der Waals surface area contributed by atoms with Crippen LogP contribution in [0.25, 0.3) is 0 Å². The molecule has 0 amide bonds. The second-order valence-corrected chi connectivity index (χ2v) is 11.6. The van der Waals surface area contributed by atoms with E-state index >= 15 is 0 Å². The van der Waals surface area contributed by atoms with Crippen molar-refractivity contribution >= 4 is 30.7 Å². The molecule has 0 bridgehead atoms. The summed E-state index contributed by atoms with van der Waals surface area (Å²) in [5.41, 5.74) is 1.18. The molecular formula is C10H19IN2OSi. The first-order valence-corrected chi connectivity index (χ1v) is 9.94. The van der Waals surface area contributed by atoms with E-state index in [0.29, 0.717) is 6.73 Å². The lowest BCUT2D eigenvalue weighted by Crippen LogP contribution is -2.22. The number of nitrogens with zero attached hydrogens (tertiary/aromatic N) is 2. The minimum atomic E-state index is -0.955. The number of hydrogen-bond acceptors (Lipinski definition) is 2. The molecule has 5 heteroatoms. The first-order chi connectivity index (χ1) is 6.90. The molecule has 0 saturated carbocycles. The minimum Gasteiger partial charge on any atom is -0.361 e. The van der Waals surface area contributed by atoms with E-state index in [1.165, 1.54) is 11.7 Å². The van der Waals surface area contributed by atoms with Crippen molar-refractivity contribution in [1.29, 1.82) is 0 Å². The zero-order chi connectivity index (χ0) is 11.5. The molecule has 0 unspecified atom stereocenters. The van der Waals surface area contributed by atoms with E-state index < -0.39 is 8.07 Å². The van der Waals surface area contributed by atoms with Crippen LogP contribution in [-0.2, 0) is 11.5 Å². The smallest absolute Gasteiger partial charge is 0.124 e. The SMILES string of the molecule is Cc1c(I)ncn1COCC[Si](C)(C)C. The largest absolute Gasteiger partial charge is 0.361 e. The van der Waals surface area contributed by atoms with Gasteiger partial charge in [0.25, 0.3) is 0 Å². The van der Waals surface area contributed by atoms with Crippen LogP contribution in [0, 0.1) is 10.6 Å². The zero-order valence-corrected chi connectivity index (χ0v) is 13.0. The number of hydrogen-bond donors (Lipinski definition) is 0. The van der Waals surface area contributed by atoms with Gasteiger partial charge in [0.15, 0.2) is 0 Å². The third kappa shape index (κ3) is 4.65. The Morgan fingerprint density at radius 1 is 1.47 bits per heavy atom. The maximum Gasteiger partial charge on any atom is 0.124 e. The van der Waals surface area contributed by atoms with Crippen LogP contribution in [-0.4, -0.2) is 24.2 Å². The van der Waals surface area contributed by atoms with Crippen LogP contribution in [0.4, 0.5) is 0 Å². The number of halogens is 1. The maximum absolute atomic E-state index is 5.64. The maximum atomic E-state index is 5.64. The Bertz CT molecular complexity index is 320. The summed E-state index contributed by atoms with van der Waals surface area (Å²) in [6.45, 7) is 10.7. The van der Waals surface area contributed by atoms with Gasteiger partial charge in [-0.2, -0.15) is 0 Å². The van der Waals surface area contributed by atoms with Crippen LogP contribution in [0.2, 0.25) is 25.7 Å². The van der Waals surface area contributed by atoms with E-state index in [0.717, 1.165) is 10.3 Å². The fraction of sp³-hybridized carbons (Fsp3) is 0.700. The number of rotatable bonds is 5. The van der Waals surface area contributed by atoms with E-state index in [1.807, 2.05) is 10.9 Å². The monoisotopic (exact) mass is 338 g/mol. The van der Waals surface area contributed by atoms with Crippen molar-refractivity contribution in [3.05, 3.63) is 15.7 Å². The number of imidazole rings is 1. The molecule has 0 aliphatic carbocycles. The molecule has 0 fully saturated rings. The van der Waals surface area contributed by atoms with Crippen LogP contribution in [0.1, 0.15) is 5.69 Å². The van der Waals surface area contributed by atoms with Crippen molar-refractivity contribution in [2.45, 2.75) is 39.3 Å². The summed E-state index contributed by atoms with van der Waals surface area (Å²) in [7, 11) is -0.955. The first kappa shape index (κ1) is 13.2. The van der Waals surface area contributed by atoms with Gasteiger partial charge >= 0.3 is 0 Å². The molecule has 3 nitrogen and oxygen atoms in total. The van der Waals surface area contributed by atoms with Gasteiger partial charge in [-0.15, -0.1) is 0 Å². The summed E-state index contributed by atoms with van der Waals surface area (Å²) in [4.78, 5) is 4.22. The van der Waals surface area contributed by atoms with E-state index in [4.69, 9.17) is 4.74 Å². The van der Waals surface area contributed by atoms with Gasteiger partial charge in [-0.1, -0.05) is 19.6 Å². The summed E-state index contributed by atoms with van der Waals surface area (Å²) in [5, 5.41) is 0. The Morgan fingerprint density at radius 2 is 2.13 bits per heavy atom. The molecule has 1 aromatic heterocycles. The van der Waals surface area contributed by atoms with E-state index in [1.54, 1.807) is 0 Å². The fourth-order valence-electron chi connectivity index (χ4n) is 1.09. The Kier molecular flexibility index (Phi) is 4.79. The minimum absolute atomic E-state index is 0.631. The van der Waals surface area contributed by atoms with Gasteiger partial charge in [-0.05, 0) is 35.6 Å². The third-order valence-electron chi connectivity index (χ3n) is 2.27. The van der Waals surface area contributed by atoms with Crippen LogP contribution >= 0.6 is 22.6 Å². The van der Waals surface area contributed by atoms with Crippen LogP contribution in [0.3, 0.4) is 0 Å². The molecule has 0 aliphatic heterocycles. The molecule has 86 valence electrons. The second-order valence-electron chi connectivity index (χ2n) is 4.94. The van der Waals surface area contributed by atoms with Crippen molar-refractivity contribution < 1.29 is 4.74 Å². The van der Waals surface area contributed by atoms with Gasteiger partial charge in [-0.3, -0.25) is 0 Å². The molecule has 0 aromatic carbocycles. The topological polar surface area (TPSA) is 27.1 Å². The average Bonchev–Trinajstić information content (AvgIpc) is 2.42. The first-order valence-electron chi connectivity index (χ1n) is 5.15. The fourth-order valence-corrected chi connectivity index (χ4v) is 2.28. The lowest BCUT2D eigenvalue weighted by molar-refractivity contribution is 0.0858. The summed E-state index contributed by atoms with van der Waals surface area (Å²) < 4.78 is 8.75. The van der Waals surface area contributed by atoms with Crippen molar-refractivity contribution in [2.75, 3.05) is 6.61 Å². The molecule has 1 aromatic rings. The molecular weight excluding hydrogens is 319 g/mol. The van der Waals surface area contributed by atoms with E-state index in [-0.39, 0.29) is 0 Å². The Labute approximate surface area is 106 Å². The molecule has 0 atom stereocenters. The highest BCUT2D eigenvalue weighted by atomic mass is 127. The molecule has 0 spiro atoms. The summed E-state index contributed by atoms with van der Waals surface area (Å²) in [6, 6.07) is 1.22. The van der Waals surface area contributed by atoms with Crippen molar-refractivity contribution in [3.63, 3.8) is 0 Å². The van der Waals surface area contributed by atoms with Gasteiger partial charge < -0.3 is 9.30 Å². The summed E-state index contributed by atoms with van der Waals surface area (Å²) >= 11 is 2.24.